The van der Waals surface area contributed by atoms with E-state index < -0.39 is 29.4 Å². The van der Waals surface area contributed by atoms with Crippen LogP contribution in [0.3, 0.4) is 0 Å². The molecule has 28 heavy (non-hydrogen) atoms. The predicted molar refractivity (Wildman–Crippen MR) is 99.6 cm³/mol. The zero-order valence-electron chi connectivity index (χ0n) is 14.9. The number of amides is 3. The minimum Gasteiger partial charge on any atom is -0.452 e. The largest absolute Gasteiger partial charge is 0.452 e. The number of benzene rings is 2. The van der Waals surface area contributed by atoms with Crippen LogP contribution < -0.4 is 16.4 Å². The number of esters is 1. The normalized spacial score (nSPS) is 10.0. The SMILES string of the molecule is Cc1c(NC(=O)COC(=O)c2ccc(CNC(N)=O)cc2)cccc1[N+](=O)[O-]. The van der Waals surface area contributed by atoms with Crippen LogP contribution in [0.2, 0.25) is 0 Å². The van der Waals surface area contributed by atoms with Crippen molar-refractivity contribution in [1.29, 1.82) is 0 Å². The van der Waals surface area contributed by atoms with Crippen LogP contribution in [-0.4, -0.2) is 29.4 Å². The van der Waals surface area contributed by atoms with Gasteiger partial charge in [0.05, 0.1) is 21.7 Å². The second-order valence-electron chi connectivity index (χ2n) is 5.75. The maximum absolute atomic E-state index is 12.0. The molecular formula is C18H18N4O6. The minimum absolute atomic E-state index is 0.124. The molecule has 3 amide bonds. The number of nitrogens with one attached hydrogen (secondary N) is 2. The van der Waals surface area contributed by atoms with Gasteiger partial charge in [0, 0.05) is 12.6 Å². The molecule has 0 aromatic heterocycles. The number of anilines is 1. The van der Waals surface area contributed by atoms with E-state index in [2.05, 4.69) is 10.6 Å². The molecule has 0 heterocycles. The molecule has 0 saturated carbocycles. The van der Waals surface area contributed by atoms with Crippen LogP contribution >= 0.6 is 0 Å². The molecule has 0 spiro atoms. The fourth-order valence-electron chi connectivity index (χ4n) is 2.31. The number of hydrogen-bond acceptors (Lipinski definition) is 6. The summed E-state index contributed by atoms with van der Waals surface area (Å²) in [6.45, 7) is 1.18. The number of nitrogens with zero attached hydrogens (tertiary/aromatic N) is 1. The van der Waals surface area contributed by atoms with Gasteiger partial charge < -0.3 is 21.1 Å². The lowest BCUT2D eigenvalue weighted by atomic mass is 10.1. The highest BCUT2D eigenvalue weighted by atomic mass is 16.6. The number of hydrogen-bond donors (Lipinski definition) is 3. The molecule has 2 aromatic rings. The summed E-state index contributed by atoms with van der Waals surface area (Å²) in [4.78, 5) is 45.0. The molecule has 4 N–H and O–H groups in total. The van der Waals surface area contributed by atoms with Crippen molar-refractivity contribution in [2.24, 2.45) is 5.73 Å². The molecule has 0 fully saturated rings. The summed E-state index contributed by atoms with van der Waals surface area (Å²) in [7, 11) is 0. The lowest BCUT2D eigenvalue weighted by molar-refractivity contribution is -0.385. The number of ether oxygens (including phenoxy) is 1. The Labute approximate surface area is 159 Å². The number of nitrogens with two attached hydrogens (primary N) is 1. The average molecular weight is 386 g/mol. The van der Waals surface area contributed by atoms with Crippen molar-refractivity contribution in [2.75, 3.05) is 11.9 Å². The van der Waals surface area contributed by atoms with Crippen molar-refractivity contribution in [2.45, 2.75) is 13.5 Å². The van der Waals surface area contributed by atoms with Crippen molar-refractivity contribution in [3.8, 4) is 0 Å². The minimum atomic E-state index is -0.708. The summed E-state index contributed by atoms with van der Waals surface area (Å²) < 4.78 is 4.94. The first kappa shape index (κ1) is 20.4. The van der Waals surface area contributed by atoms with Gasteiger partial charge in [0.1, 0.15) is 0 Å². The third-order valence-corrected chi connectivity index (χ3v) is 3.77. The number of carbonyl (C=O) groups is 3. The van der Waals surface area contributed by atoms with Crippen LogP contribution in [0, 0.1) is 17.0 Å². The highest BCUT2D eigenvalue weighted by Crippen LogP contribution is 2.24. The summed E-state index contributed by atoms with van der Waals surface area (Å²) in [5.74, 6) is -1.33. The Bertz CT molecular complexity index is 911. The van der Waals surface area contributed by atoms with E-state index in [9.17, 15) is 24.5 Å². The van der Waals surface area contributed by atoms with Crippen LogP contribution in [0.25, 0.3) is 0 Å². The van der Waals surface area contributed by atoms with Crippen LogP contribution in [0.5, 0.6) is 0 Å². The molecular weight excluding hydrogens is 368 g/mol. The predicted octanol–water partition coefficient (Wildman–Crippen LogP) is 1.87. The van der Waals surface area contributed by atoms with E-state index in [0.29, 0.717) is 5.56 Å². The van der Waals surface area contributed by atoms with Crippen LogP contribution in [0.4, 0.5) is 16.2 Å². The Morgan fingerprint density at radius 2 is 1.82 bits per heavy atom. The molecule has 0 aliphatic heterocycles. The Hall–Kier alpha value is -3.95. The Morgan fingerprint density at radius 3 is 2.43 bits per heavy atom. The molecule has 0 aliphatic carbocycles. The smallest absolute Gasteiger partial charge is 0.338 e. The molecule has 2 rings (SSSR count). The first-order valence-corrected chi connectivity index (χ1v) is 8.11. The molecule has 0 bridgehead atoms. The van der Waals surface area contributed by atoms with E-state index in [1.807, 2.05) is 0 Å². The Balaban J connectivity index is 1.90. The number of nitro groups is 1. The lowest BCUT2D eigenvalue weighted by Gasteiger charge is -2.09. The summed E-state index contributed by atoms with van der Waals surface area (Å²) >= 11 is 0. The third-order valence-electron chi connectivity index (χ3n) is 3.77. The van der Waals surface area contributed by atoms with Crippen molar-refractivity contribution in [3.05, 3.63) is 69.3 Å². The molecule has 0 radical (unpaired) electrons. The van der Waals surface area contributed by atoms with Crippen molar-refractivity contribution < 1.29 is 24.0 Å². The quantitative estimate of drug-likeness (QED) is 0.375. The van der Waals surface area contributed by atoms with Gasteiger partial charge in [0.2, 0.25) is 0 Å². The summed E-state index contributed by atoms with van der Waals surface area (Å²) in [5.41, 5.74) is 6.37. The standard InChI is InChI=1S/C18H18N4O6/c1-11-14(3-2-4-15(11)22(26)27)21-16(23)10-28-17(24)13-7-5-12(6-8-13)9-20-18(19)25/h2-8H,9-10H2,1H3,(H,21,23)(H3,19,20,25). The van der Waals surface area contributed by atoms with E-state index >= 15 is 0 Å². The first-order valence-electron chi connectivity index (χ1n) is 8.11. The van der Waals surface area contributed by atoms with Gasteiger partial charge in [-0.15, -0.1) is 0 Å². The fourth-order valence-corrected chi connectivity index (χ4v) is 2.31. The summed E-state index contributed by atoms with van der Waals surface area (Å²) in [6.07, 6.45) is 0. The average Bonchev–Trinajstić information content (AvgIpc) is 2.66. The molecule has 0 aliphatic rings. The van der Waals surface area contributed by atoms with E-state index in [-0.39, 0.29) is 23.5 Å². The second-order valence-corrected chi connectivity index (χ2v) is 5.75. The van der Waals surface area contributed by atoms with Crippen molar-refractivity contribution in [1.82, 2.24) is 5.32 Å². The molecule has 146 valence electrons. The number of rotatable bonds is 7. The van der Waals surface area contributed by atoms with E-state index in [4.69, 9.17) is 10.5 Å². The molecule has 10 nitrogen and oxygen atoms in total. The van der Waals surface area contributed by atoms with Crippen molar-refractivity contribution in [3.63, 3.8) is 0 Å². The third kappa shape index (κ3) is 5.53. The number of nitro benzene ring substituents is 1. The Morgan fingerprint density at radius 1 is 1.14 bits per heavy atom. The van der Waals surface area contributed by atoms with Gasteiger partial charge in [-0.2, -0.15) is 0 Å². The van der Waals surface area contributed by atoms with Gasteiger partial charge in [-0.25, -0.2) is 9.59 Å². The zero-order chi connectivity index (χ0) is 20.7. The topological polar surface area (TPSA) is 154 Å². The van der Waals surface area contributed by atoms with Crippen LogP contribution in [0.15, 0.2) is 42.5 Å². The van der Waals surface area contributed by atoms with Crippen LogP contribution in [0.1, 0.15) is 21.5 Å². The number of primary amides is 1. The molecule has 10 heteroatoms. The van der Waals surface area contributed by atoms with Crippen LogP contribution in [-0.2, 0) is 16.1 Å². The van der Waals surface area contributed by atoms with E-state index in [0.717, 1.165) is 5.56 Å². The summed E-state index contributed by atoms with van der Waals surface area (Å²) in [5, 5.41) is 15.8. The van der Waals surface area contributed by atoms with Gasteiger partial charge in [-0.05, 0) is 30.7 Å². The fraction of sp³-hybridized carbons (Fsp3) is 0.167. The van der Waals surface area contributed by atoms with Gasteiger partial charge >= 0.3 is 12.0 Å². The number of carbonyl (C=O) groups excluding carboxylic acids is 3. The molecule has 0 saturated heterocycles. The highest BCUT2D eigenvalue weighted by molar-refractivity contribution is 5.96. The molecule has 2 aromatic carbocycles. The van der Waals surface area contributed by atoms with E-state index in [1.54, 1.807) is 12.1 Å². The second kappa shape index (κ2) is 9.12. The zero-order valence-corrected chi connectivity index (χ0v) is 14.9. The van der Waals surface area contributed by atoms with E-state index in [1.165, 1.54) is 37.3 Å². The molecule has 0 atom stereocenters. The maximum atomic E-state index is 12.0. The van der Waals surface area contributed by atoms with Gasteiger partial charge in [-0.1, -0.05) is 18.2 Å². The monoisotopic (exact) mass is 386 g/mol. The molecule has 0 unspecified atom stereocenters. The first-order chi connectivity index (χ1) is 13.3. The lowest BCUT2D eigenvalue weighted by Crippen LogP contribution is -2.28. The highest BCUT2D eigenvalue weighted by Gasteiger charge is 2.16. The van der Waals surface area contributed by atoms with Gasteiger partial charge in [0.15, 0.2) is 6.61 Å². The van der Waals surface area contributed by atoms with Gasteiger partial charge in [0.25, 0.3) is 11.6 Å². The van der Waals surface area contributed by atoms with Crippen molar-refractivity contribution >= 4 is 29.3 Å². The number of urea groups is 1. The Kier molecular flexibility index (Phi) is 6.63. The summed E-state index contributed by atoms with van der Waals surface area (Å²) in [6, 6.07) is 9.83. The maximum Gasteiger partial charge on any atom is 0.338 e. The van der Waals surface area contributed by atoms with Gasteiger partial charge in [-0.3, -0.25) is 14.9 Å².